The molecule has 476 valence electrons. The summed E-state index contributed by atoms with van der Waals surface area (Å²) in [6, 6.07) is 0. The third-order valence-corrected chi connectivity index (χ3v) is 21.4. The quantitative estimate of drug-likeness (QED) is 0.0379. The smallest absolute Gasteiger partial charge is 0.333 e. The van der Waals surface area contributed by atoms with Gasteiger partial charge in [0.05, 0.1) is 25.4 Å². The monoisotopic (exact) mass is 1200 g/mol. The van der Waals surface area contributed by atoms with Gasteiger partial charge < -0.3 is 98.4 Å². The van der Waals surface area contributed by atoms with Crippen molar-refractivity contribution in [3.8, 4) is 0 Å². The summed E-state index contributed by atoms with van der Waals surface area (Å²) in [5.41, 5.74) is -6.00. The van der Waals surface area contributed by atoms with Crippen molar-refractivity contribution in [3.05, 3.63) is 23.3 Å². The van der Waals surface area contributed by atoms with E-state index in [4.69, 9.17) is 47.4 Å². The first-order valence-corrected chi connectivity index (χ1v) is 29.3. The Morgan fingerprint density at radius 3 is 1.61 bits per heavy atom. The van der Waals surface area contributed by atoms with Gasteiger partial charge in [0.2, 0.25) is 0 Å². The number of carboxylic acids is 1. The van der Waals surface area contributed by atoms with Crippen molar-refractivity contribution in [2.24, 2.45) is 50.2 Å². The van der Waals surface area contributed by atoms with Crippen LogP contribution < -0.4 is 0 Å². The zero-order valence-electron chi connectivity index (χ0n) is 50.2. The first-order chi connectivity index (χ1) is 39.1. The molecule has 3 aliphatic heterocycles. The lowest BCUT2D eigenvalue weighted by Crippen LogP contribution is -2.78. The second-order valence-corrected chi connectivity index (χ2v) is 26.8. The lowest BCUT2D eigenvalue weighted by Gasteiger charge is -2.73. The lowest BCUT2D eigenvalue weighted by atomic mass is 9.32. The van der Waals surface area contributed by atoms with E-state index in [9.17, 15) is 75.0 Å². The minimum atomic E-state index is -2.37. The number of ether oxygens (including phenoxy) is 10. The molecule has 5 aliphatic carbocycles. The summed E-state index contributed by atoms with van der Waals surface area (Å²) in [6.45, 7) is 20.3. The van der Waals surface area contributed by atoms with Crippen LogP contribution in [0.1, 0.15) is 129 Å². The fourth-order valence-electron chi connectivity index (χ4n) is 16.9. The number of aliphatic hydroxyl groups is 9. The minimum Gasteiger partial charge on any atom is -0.481 e. The number of aliphatic carboxylic acids is 1. The van der Waals surface area contributed by atoms with Gasteiger partial charge in [-0.25, -0.2) is 4.79 Å². The van der Waals surface area contributed by atoms with Crippen LogP contribution in [0.3, 0.4) is 0 Å². The van der Waals surface area contributed by atoms with Crippen LogP contribution in [0.25, 0.3) is 0 Å². The van der Waals surface area contributed by atoms with E-state index in [2.05, 4.69) is 13.8 Å². The van der Waals surface area contributed by atoms with Crippen molar-refractivity contribution in [1.29, 1.82) is 0 Å². The SMILES string of the molecule is C/C=C(\C)C(=O)OC1C(OC(C)=O)C2(C(=O)O)C(CC1(C)C)C1=CCC3C4(C)CCC(OC5OC(CO)C(O)C(OC6OC(CO)C(O)C(OC7OC(C)C(O)C(O)C7O)C6O)C5O)C(C)(C)C4CCC3(C)C1(C)C(OC(C)=O)C2OC(C)=O. The molecule has 3 heterocycles. The molecule has 0 amide bonds. The molecule has 25 nitrogen and oxygen atoms in total. The van der Waals surface area contributed by atoms with E-state index >= 15 is 0 Å². The number of hydrogen-bond acceptors (Lipinski definition) is 24. The van der Waals surface area contributed by atoms with Crippen molar-refractivity contribution in [2.45, 2.75) is 251 Å². The molecule has 27 atom stereocenters. The number of rotatable bonds is 14. The van der Waals surface area contributed by atoms with Crippen LogP contribution in [-0.4, -0.2) is 217 Å². The second-order valence-electron chi connectivity index (χ2n) is 26.8. The third-order valence-electron chi connectivity index (χ3n) is 21.4. The number of carbonyl (C=O) groups excluding carboxylic acids is 4. The zero-order valence-corrected chi connectivity index (χ0v) is 50.2. The molecule has 0 bridgehead atoms. The van der Waals surface area contributed by atoms with Gasteiger partial charge in [-0.15, -0.1) is 0 Å². The molecule has 0 aromatic heterocycles. The number of hydrogen-bond donors (Lipinski definition) is 10. The molecular formula is C59H90O25. The zero-order chi connectivity index (χ0) is 62.5. The molecule has 0 radical (unpaired) electrons. The predicted molar refractivity (Wildman–Crippen MR) is 287 cm³/mol. The van der Waals surface area contributed by atoms with Gasteiger partial charge in [-0.1, -0.05) is 66.2 Å². The topological polar surface area (TPSA) is 380 Å². The molecule has 0 aromatic carbocycles. The van der Waals surface area contributed by atoms with Crippen molar-refractivity contribution in [1.82, 2.24) is 0 Å². The molecule has 27 unspecified atom stereocenters. The highest BCUT2D eigenvalue weighted by molar-refractivity contribution is 5.88. The van der Waals surface area contributed by atoms with Crippen LogP contribution in [0.2, 0.25) is 0 Å². The molecule has 8 aliphatic rings. The number of allylic oxidation sites excluding steroid dienone is 2. The summed E-state index contributed by atoms with van der Waals surface area (Å²) >= 11 is 0. The van der Waals surface area contributed by atoms with Gasteiger partial charge in [0, 0.05) is 43.1 Å². The highest BCUT2D eigenvalue weighted by atomic mass is 16.8. The average Bonchev–Trinajstić information content (AvgIpc) is 0.664. The summed E-state index contributed by atoms with van der Waals surface area (Å²) in [7, 11) is 0. The molecule has 3 saturated heterocycles. The number of carboxylic acid groups (broad SMARTS) is 1. The predicted octanol–water partition coefficient (Wildman–Crippen LogP) is 0.847. The van der Waals surface area contributed by atoms with Gasteiger partial charge in [0.15, 0.2) is 36.5 Å². The Labute approximate surface area is 488 Å². The molecule has 25 heteroatoms. The van der Waals surface area contributed by atoms with Crippen molar-refractivity contribution in [3.63, 3.8) is 0 Å². The highest BCUT2D eigenvalue weighted by Crippen LogP contribution is 2.77. The summed E-state index contributed by atoms with van der Waals surface area (Å²) in [6.07, 6.45) is -26.3. The van der Waals surface area contributed by atoms with E-state index in [1.165, 1.54) is 26.8 Å². The molecular weight excluding hydrogens is 1110 g/mol. The van der Waals surface area contributed by atoms with Gasteiger partial charge in [0.25, 0.3) is 0 Å². The lowest BCUT2D eigenvalue weighted by molar-refractivity contribution is -0.384. The van der Waals surface area contributed by atoms with Crippen molar-refractivity contribution >= 4 is 29.8 Å². The van der Waals surface area contributed by atoms with Crippen LogP contribution in [-0.2, 0) is 71.3 Å². The minimum absolute atomic E-state index is 0.0473. The van der Waals surface area contributed by atoms with E-state index < -0.39 is 204 Å². The number of esters is 4. The Morgan fingerprint density at radius 2 is 1.11 bits per heavy atom. The van der Waals surface area contributed by atoms with Crippen LogP contribution in [0.4, 0.5) is 0 Å². The van der Waals surface area contributed by atoms with Gasteiger partial charge in [-0.05, 0) is 87.4 Å². The Kier molecular flexibility index (Phi) is 18.9. The summed E-state index contributed by atoms with van der Waals surface area (Å²) in [5, 5.41) is 110. The van der Waals surface area contributed by atoms with E-state index in [0.29, 0.717) is 37.7 Å². The van der Waals surface area contributed by atoms with Gasteiger partial charge in [0.1, 0.15) is 79.4 Å². The maximum atomic E-state index is 14.7. The Morgan fingerprint density at radius 1 is 0.607 bits per heavy atom. The molecule has 7 fully saturated rings. The maximum Gasteiger partial charge on any atom is 0.333 e. The van der Waals surface area contributed by atoms with E-state index in [1.54, 1.807) is 20.8 Å². The van der Waals surface area contributed by atoms with Gasteiger partial charge in [-0.2, -0.15) is 0 Å². The largest absolute Gasteiger partial charge is 0.481 e. The van der Waals surface area contributed by atoms with E-state index in [1.807, 2.05) is 26.8 Å². The van der Waals surface area contributed by atoms with Crippen LogP contribution in [0.5, 0.6) is 0 Å². The molecule has 10 N–H and O–H groups in total. The average molecular weight is 1200 g/mol. The van der Waals surface area contributed by atoms with E-state index in [0.717, 1.165) is 13.8 Å². The highest BCUT2D eigenvalue weighted by Gasteiger charge is 2.81. The fraction of sp³-hybridized carbons (Fsp3) is 0.847. The van der Waals surface area contributed by atoms with Gasteiger partial charge in [-0.3, -0.25) is 19.2 Å². The molecule has 0 aromatic rings. The van der Waals surface area contributed by atoms with Crippen LogP contribution >= 0.6 is 0 Å². The molecule has 84 heavy (non-hydrogen) atoms. The first kappa shape index (κ1) is 66.2. The Bertz CT molecular complexity index is 2540. The molecule has 0 spiro atoms. The standard InChI is InChI=1S/C59H90O25/c1-14-24(2)49(72)84-45-47(77-27(5)63)59(53(73)74)30(21-54(45,7)8)29-15-16-34-56(11)19-18-35(55(9,10)33(56)17-20-57(34,12)58(29,13)46(76-26(4)62)48(59)78-28(6)64)81-51-41(70)43(37(66)31(22-60)79-51)83-52-42(71)44(38(67)32(23-61)80-52)82-50-40(69)39(68)36(65)25(3)75-50/h14-15,25,30-48,50-52,60-61,65-71H,16-23H2,1-13H3,(H,73,74)/b24-14+. The second kappa shape index (κ2) is 24.0. The van der Waals surface area contributed by atoms with Crippen molar-refractivity contribution < 1.29 is 122 Å². The number of aliphatic hydroxyl groups excluding tert-OH is 9. The molecule has 4 saturated carbocycles. The third kappa shape index (κ3) is 10.7. The maximum absolute atomic E-state index is 14.7. The number of carbonyl (C=O) groups is 5. The van der Waals surface area contributed by atoms with Gasteiger partial charge >= 0.3 is 29.8 Å². The van der Waals surface area contributed by atoms with Crippen LogP contribution in [0.15, 0.2) is 23.3 Å². The Hall–Kier alpha value is -3.77. The summed E-state index contributed by atoms with van der Waals surface area (Å²) in [5.74, 6) is -6.27. The molecule has 8 rings (SSSR count). The summed E-state index contributed by atoms with van der Waals surface area (Å²) < 4.78 is 60.8. The number of fused-ring (bicyclic) bond motifs is 7. The first-order valence-electron chi connectivity index (χ1n) is 29.3. The Balaban J connectivity index is 1.11. The summed E-state index contributed by atoms with van der Waals surface area (Å²) in [4.78, 5) is 68.9. The van der Waals surface area contributed by atoms with Crippen molar-refractivity contribution in [2.75, 3.05) is 13.2 Å². The fourth-order valence-corrected chi connectivity index (χ4v) is 16.9. The van der Waals surface area contributed by atoms with E-state index in [-0.39, 0.29) is 23.8 Å². The van der Waals surface area contributed by atoms with Crippen LogP contribution in [0, 0.1) is 50.2 Å². The normalized spacial score (nSPS) is 47.9.